The number of hydrogen-bond donors (Lipinski definition) is 5. The number of carboxylic acid groups (broad SMARTS) is 1. The van der Waals surface area contributed by atoms with Gasteiger partial charge < -0.3 is 27.2 Å². The highest BCUT2D eigenvalue weighted by atomic mass is 16.4. The van der Waals surface area contributed by atoms with E-state index in [2.05, 4.69) is 10.6 Å². The zero-order chi connectivity index (χ0) is 18.8. The van der Waals surface area contributed by atoms with Crippen LogP contribution in [0.2, 0.25) is 0 Å². The van der Waals surface area contributed by atoms with Crippen LogP contribution in [0.15, 0.2) is 30.3 Å². The van der Waals surface area contributed by atoms with Crippen LogP contribution in [-0.4, -0.2) is 47.4 Å². The molecule has 0 heterocycles. The molecule has 0 aliphatic heterocycles. The topological polar surface area (TPSA) is 165 Å². The number of nitrogens with one attached hydrogen (secondary N) is 2. The Morgan fingerprint density at radius 3 is 2.32 bits per heavy atom. The van der Waals surface area contributed by atoms with Gasteiger partial charge in [0.05, 0.1) is 12.6 Å². The highest BCUT2D eigenvalue weighted by Crippen LogP contribution is 2.03. The highest BCUT2D eigenvalue weighted by molar-refractivity contribution is 5.89. The minimum atomic E-state index is -1.18. The molecule has 0 radical (unpaired) electrons. The third-order valence-corrected chi connectivity index (χ3v) is 3.38. The first-order valence-corrected chi connectivity index (χ1v) is 7.67. The molecule has 0 unspecified atom stereocenters. The van der Waals surface area contributed by atoms with Gasteiger partial charge in [0.25, 0.3) is 0 Å². The number of aliphatic carboxylic acids is 1. The van der Waals surface area contributed by atoms with E-state index >= 15 is 0 Å². The van der Waals surface area contributed by atoms with E-state index in [4.69, 9.17) is 11.5 Å². The lowest BCUT2D eigenvalue weighted by atomic mass is 10.1. The molecule has 3 amide bonds. The Morgan fingerprint density at radius 2 is 1.76 bits per heavy atom. The van der Waals surface area contributed by atoms with Crippen LogP contribution in [0, 0.1) is 0 Å². The summed E-state index contributed by atoms with van der Waals surface area (Å²) in [5.74, 6) is -3.03. The van der Waals surface area contributed by atoms with Crippen LogP contribution in [0.4, 0.5) is 0 Å². The Bertz CT molecular complexity index is 620. The van der Waals surface area contributed by atoms with Crippen LogP contribution in [0.5, 0.6) is 0 Å². The lowest BCUT2D eigenvalue weighted by Gasteiger charge is -2.16. The summed E-state index contributed by atoms with van der Waals surface area (Å²) < 4.78 is 0. The van der Waals surface area contributed by atoms with Gasteiger partial charge in [0.2, 0.25) is 17.7 Å². The van der Waals surface area contributed by atoms with Crippen molar-refractivity contribution in [2.45, 2.75) is 31.3 Å². The molecule has 2 atom stereocenters. The summed E-state index contributed by atoms with van der Waals surface area (Å²) in [6, 6.07) is 6.75. The fraction of sp³-hybridized carbons (Fsp3) is 0.375. The normalized spacial score (nSPS) is 12.7. The first-order chi connectivity index (χ1) is 11.8. The molecule has 0 bridgehead atoms. The van der Waals surface area contributed by atoms with E-state index in [9.17, 15) is 24.3 Å². The SMILES string of the molecule is NC(=O)CC[C@H](N)C(=O)NCC(=O)N[C@@H](Cc1ccccc1)C(=O)O. The summed E-state index contributed by atoms with van der Waals surface area (Å²) in [7, 11) is 0. The quantitative estimate of drug-likeness (QED) is 0.345. The van der Waals surface area contributed by atoms with Crippen molar-refractivity contribution in [3.63, 3.8) is 0 Å². The van der Waals surface area contributed by atoms with Gasteiger partial charge in [0.15, 0.2) is 0 Å². The highest BCUT2D eigenvalue weighted by Gasteiger charge is 2.21. The van der Waals surface area contributed by atoms with Crippen molar-refractivity contribution in [3.8, 4) is 0 Å². The average molecular weight is 350 g/mol. The van der Waals surface area contributed by atoms with Crippen LogP contribution in [-0.2, 0) is 25.6 Å². The smallest absolute Gasteiger partial charge is 0.326 e. The van der Waals surface area contributed by atoms with Crippen molar-refractivity contribution in [1.82, 2.24) is 10.6 Å². The Labute approximate surface area is 144 Å². The van der Waals surface area contributed by atoms with Crippen LogP contribution in [0.3, 0.4) is 0 Å². The van der Waals surface area contributed by atoms with E-state index in [1.807, 2.05) is 0 Å². The van der Waals surface area contributed by atoms with E-state index in [0.717, 1.165) is 5.56 Å². The molecule has 7 N–H and O–H groups in total. The fourth-order valence-electron chi connectivity index (χ4n) is 2.02. The van der Waals surface area contributed by atoms with Gasteiger partial charge >= 0.3 is 5.97 Å². The van der Waals surface area contributed by atoms with Crippen LogP contribution < -0.4 is 22.1 Å². The minimum absolute atomic E-state index is 0.0427. The summed E-state index contributed by atoms with van der Waals surface area (Å²) in [5.41, 5.74) is 11.3. The molecule has 1 aromatic carbocycles. The summed E-state index contributed by atoms with van der Waals surface area (Å²) in [6.07, 6.45) is 0.140. The zero-order valence-electron chi connectivity index (χ0n) is 13.6. The Morgan fingerprint density at radius 1 is 1.12 bits per heavy atom. The summed E-state index contributed by atoms with van der Waals surface area (Å²) >= 11 is 0. The minimum Gasteiger partial charge on any atom is -0.480 e. The van der Waals surface area contributed by atoms with E-state index in [1.165, 1.54) is 0 Å². The Kier molecular flexibility index (Phi) is 8.07. The second-order valence-electron chi connectivity index (χ2n) is 5.48. The lowest BCUT2D eigenvalue weighted by molar-refractivity contribution is -0.141. The molecule has 0 aliphatic rings. The third-order valence-electron chi connectivity index (χ3n) is 3.38. The van der Waals surface area contributed by atoms with Gasteiger partial charge in [-0.3, -0.25) is 14.4 Å². The number of nitrogens with two attached hydrogens (primary N) is 2. The largest absolute Gasteiger partial charge is 0.480 e. The molecule has 0 saturated heterocycles. The number of carbonyl (C=O) groups is 4. The number of hydrogen-bond acceptors (Lipinski definition) is 5. The van der Waals surface area contributed by atoms with Crippen LogP contribution in [0.1, 0.15) is 18.4 Å². The molecule has 0 spiro atoms. The van der Waals surface area contributed by atoms with E-state index in [-0.39, 0.29) is 19.3 Å². The first-order valence-electron chi connectivity index (χ1n) is 7.67. The second-order valence-corrected chi connectivity index (χ2v) is 5.48. The molecule has 136 valence electrons. The summed E-state index contributed by atoms with van der Waals surface area (Å²) in [5, 5.41) is 13.8. The molecule has 1 aromatic rings. The van der Waals surface area contributed by atoms with Gasteiger partial charge in [-0.15, -0.1) is 0 Å². The molecule has 9 nitrogen and oxygen atoms in total. The van der Waals surface area contributed by atoms with Crippen molar-refractivity contribution < 1.29 is 24.3 Å². The Balaban J connectivity index is 2.46. The number of benzene rings is 1. The van der Waals surface area contributed by atoms with Gasteiger partial charge in [0, 0.05) is 12.8 Å². The number of carboxylic acids is 1. The Hall–Kier alpha value is -2.94. The van der Waals surface area contributed by atoms with Crippen molar-refractivity contribution >= 4 is 23.7 Å². The van der Waals surface area contributed by atoms with Crippen molar-refractivity contribution in [2.24, 2.45) is 11.5 Å². The van der Waals surface area contributed by atoms with Gasteiger partial charge in [-0.25, -0.2) is 4.79 Å². The first kappa shape index (κ1) is 20.1. The molecule has 0 aliphatic carbocycles. The lowest BCUT2D eigenvalue weighted by Crippen LogP contribution is -2.49. The van der Waals surface area contributed by atoms with Gasteiger partial charge in [0.1, 0.15) is 6.04 Å². The van der Waals surface area contributed by atoms with E-state index < -0.39 is 42.3 Å². The maximum atomic E-state index is 11.8. The fourth-order valence-corrected chi connectivity index (χ4v) is 2.02. The number of primary amides is 1. The van der Waals surface area contributed by atoms with E-state index in [0.29, 0.717) is 0 Å². The van der Waals surface area contributed by atoms with Crippen molar-refractivity contribution in [3.05, 3.63) is 35.9 Å². The molecule has 0 aromatic heterocycles. The van der Waals surface area contributed by atoms with E-state index in [1.54, 1.807) is 30.3 Å². The monoisotopic (exact) mass is 350 g/mol. The van der Waals surface area contributed by atoms with Crippen molar-refractivity contribution in [2.75, 3.05) is 6.54 Å². The number of amides is 3. The molecule has 0 fully saturated rings. The molecular weight excluding hydrogens is 328 g/mol. The predicted molar refractivity (Wildman–Crippen MR) is 89.1 cm³/mol. The molecule has 9 heteroatoms. The molecule has 25 heavy (non-hydrogen) atoms. The molecule has 0 saturated carbocycles. The third kappa shape index (κ3) is 7.93. The summed E-state index contributed by atoms with van der Waals surface area (Å²) in [6.45, 7) is -0.415. The van der Waals surface area contributed by atoms with Crippen LogP contribution in [0.25, 0.3) is 0 Å². The maximum absolute atomic E-state index is 11.8. The summed E-state index contributed by atoms with van der Waals surface area (Å²) in [4.78, 5) is 45.4. The maximum Gasteiger partial charge on any atom is 0.326 e. The zero-order valence-corrected chi connectivity index (χ0v) is 13.6. The number of rotatable bonds is 10. The standard InChI is InChI=1S/C16H22N4O5/c17-11(6-7-13(18)21)15(23)19-9-14(22)20-12(16(24)25)8-10-4-2-1-3-5-10/h1-5,11-12H,6-9,17H2,(H2,18,21)(H,19,23)(H,20,22)(H,24,25)/t11-,12-/m0/s1. The van der Waals surface area contributed by atoms with Crippen LogP contribution >= 0.6 is 0 Å². The number of carbonyl (C=O) groups excluding carboxylic acids is 3. The molecule has 1 rings (SSSR count). The molecular formula is C16H22N4O5. The van der Waals surface area contributed by atoms with Gasteiger partial charge in [-0.2, -0.15) is 0 Å². The van der Waals surface area contributed by atoms with Gasteiger partial charge in [-0.05, 0) is 12.0 Å². The average Bonchev–Trinajstić information content (AvgIpc) is 2.57. The second kappa shape index (κ2) is 10.0. The van der Waals surface area contributed by atoms with Gasteiger partial charge in [-0.1, -0.05) is 30.3 Å². The van der Waals surface area contributed by atoms with Crippen molar-refractivity contribution in [1.29, 1.82) is 0 Å². The predicted octanol–water partition coefficient (Wildman–Crippen LogP) is -1.49.